The summed E-state index contributed by atoms with van der Waals surface area (Å²) in [5.74, 6) is -0.171. The lowest BCUT2D eigenvalue weighted by Crippen LogP contribution is -2.50. The number of fused-ring (bicyclic) bond motifs is 1. The molecule has 30 heavy (non-hydrogen) atoms. The highest BCUT2D eigenvalue weighted by molar-refractivity contribution is 6.03. The maximum atomic E-state index is 13.3. The summed E-state index contributed by atoms with van der Waals surface area (Å²) in [6.07, 6.45) is 1.18. The van der Waals surface area contributed by atoms with Gasteiger partial charge in [0.2, 0.25) is 5.91 Å². The number of para-hydroxylation sites is 2. The molecule has 0 N–H and O–H groups in total. The highest BCUT2D eigenvalue weighted by Gasteiger charge is 2.34. The molecule has 2 amide bonds. The molecule has 0 aliphatic carbocycles. The van der Waals surface area contributed by atoms with E-state index in [1.807, 2.05) is 12.1 Å². The van der Waals surface area contributed by atoms with Crippen LogP contribution in [0.3, 0.4) is 0 Å². The monoisotopic (exact) mass is 412 g/mol. The van der Waals surface area contributed by atoms with Gasteiger partial charge in [0.05, 0.1) is 11.8 Å². The van der Waals surface area contributed by atoms with Gasteiger partial charge in [-0.2, -0.15) is 0 Å². The highest BCUT2D eigenvalue weighted by Crippen LogP contribution is 2.33. The third-order valence-electron chi connectivity index (χ3n) is 5.45. The van der Waals surface area contributed by atoms with Crippen molar-refractivity contribution in [1.82, 2.24) is 4.90 Å². The van der Waals surface area contributed by atoms with Crippen molar-refractivity contribution in [2.75, 3.05) is 24.6 Å². The van der Waals surface area contributed by atoms with Gasteiger partial charge in [-0.1, -0.05) is 24.3 Å². The number of hydrogen-bond acceptors (Lipinski definition) is 4. The van der Waals surface area contributed by atoms with Crippen molar-refractivity contribution >= 4 is 17.5 Å². The van der Waals surface area contributed by atoms with Crippen LogP contribution in [-0.2, 0) is 20.9 Å². The molecule has 0 bridgehead atoms. The van der Waals surface area contributed by atoms with Gasteiger partial charge in [0.1, 0.15) is 18.1 Å². The number of halogens is 1. The summed E-state index contributed by atoms with van der Waals surface area (Å²) in [5, 5.41) is 0. The molecule has 2 aromatic rings. The number of anilines is 1. The Balaban J connectivity index is 1.54. The number of hydrogen-bond donors (Lipinski definition) is 0. The quantitative estimate of drug-likeness (QED) is 0.732. The molecule has 0 saturated carbocycles. The number of rotatable bonds is 6. The summed E-state index contributed by atoms with van der Waals surface area (Å²) >= 11 is 0. The van der Waals surface area contributed by atoms with Gasteiger partial charge in [-0.25, -0.2) is 4.39 Å². The van der Waals surface area contributed by atoms with E-state index in [9.17, 15) is 14.0 Å². The second-order valence-corrected chi connectivity index (χ2v) is 7.69. The van der Waals surface area contributed by atoms with E-state index in [0.717, 1.165) is 18.4 Å². The van der Waals surface area contributed by atoms with Gasteiger partial charge in [-0.15, -0.1) is 0 Å². The molecule has 158 valence electrons. The van der Waals surface area contributed by atoms with Crippen LogP contribution in [0.2, 0.25) is 0 Å². The molecular formula is C23H25FN2O4. The van der Waals surface area contributed by atoms with Crippen LogP contribution < -0.4 is 9.64 Å². The fourth-order valence-corrected chi connectivity index (χ4v) is 3.86. The van der Waals surface area contributed by atoms with Crippen molar-refractivity contribution in [3.63, 3.8) is 0 Å². The van der Waals surface area contributed by atoms with Crippen LogP contribution in [0, 0.1) is 5.82 Å². The molecule has 7 heteroatoms. The van der Waals surface area contributed by atoms with Crippen LogP contribution >= 0.6 is 0 Å². The second kappa shape index (κ2) is 8.83. The number of ether oxygens (including phenoxy) is 2. The summed E-state index contributed by atoms with van der Waals surface area (Å²) in [7, 11) is 0. The molecule has 0 aromatic heterocycles. The van der Waals surface area contributed by atoms with E-state index in [1.165, 1.54) is 17.0 Å². The molecule has 1 saturated heterocycles. The minimum absolute atomic E-state index is 0.0269. The predicted octanol–water partition coefficient (Wildman–Crippen LogP) is 3.15. The first-order valence-corrected chi connectivity index (χ1v) is 10.2. The molecule has 0 unspecified atom stereocenters. The lowest BCUT2D eigenvalue weighted by molar-refractivity contribution is -0.134. The molecule has 2 heterocycles. The Hall–Kier alpha value is -2.93. The van der Waals surface area contributed by atoms with Crippen LogP contribution in [0.15, 0.2) is 48.5 Å². The van der Waals surface area contributed by atoms with E-state index in [2.05, 4.69) is 0 Å². The average molecular weight is 412 g/mol. The first-order valence-electron chi connectivity index (χ1n) is 10.2. The standard InChI is InChI=1S/C23H25FN2O4/c1-16-23(28)26(20-6-2-3-7-21(20)30-16)15-22(27)25(14-19-5-4-12-29-19)13-17-8-10-18(24)11-9-17/h2-3,6-11,16,19H,4-5,12-15H2,1H3/t16-,19-/m0/s1. The van der Waals surface area contributed by atoms with Crippen molar-refractivity contribution < 1.29 is 23.5 Å². The molecule has 2 atom stereocenters. The number of benzene rings is 2. The Labute approximate surface area is 175 Å². The zero-order valence-corrected chi connectivity index (χ0v) is 16.9. The van der Waals surface area contributed by atoms with Gasteiger partial charge in [0, 0.05) is 19.7 Å². The number of carbonyl (C=O) groups excluding carboxylic acids is 2. The predicted molar refractivity (Wildman–Crippen MR) is 110 cm³/mol. The van der Waals surface area contributed by atoms with E-state index in [-0.39, 0.29) is 30.3 Å². The molecule has 2 aromatic carbocycles. The van der Waals surface area contributed by atoms with Crippen molar-refractivity contribution in [3.05, 3.63) is 59.9 Å². The van der Waals surface area contributed by atoms with Crippen LogP contribution in [0.5, 0.6) is 5.75 Å². The Bertz CT molecular complexity index is 912. The number of amides is 2. The lowest BCUT2D eigenvalue weighted by atomic mass is 10.1. The highest BCUT2D eigenvalue weighted by atomic mass is 19.1. The summed E-state index contributed by atoms with van der Waals surface area (Å²) < 4.78 is 24.7. The molecule has 0 spiro atoms. The molecule has 2 aliphatic rings. The van der Waals surface area contributed by atoms with Gasteiger partial charge in [0.25, 0.3) is 5.91 Å². The normalized spacial score (nSPS) is 20.6. The Morgan fingerprint density at radius 1 is 1.20 bits per heavy atom. The Morgan fingerprint density at radius 3 is 2.70 bits per heavy atom. The smallest absolute Gasteiger partial charge is 0.268 e. The molecule has 6 nitrogen and oxygen atoms in total. The van der Waals surface area contributed by atoms with Crippen LogP contribution in [0.1, 0.15) is 25.3 Å². The van der Waals surface area contributed by atoms with Gasteiger partial charge >= 0.3 is 0 Å². The maximum Gasteiger partial charge on any atom is 0.268 e. The van der Waals surface area contributed by atoms with Crippen LogP contribution in [0.25, 0.3) is 0 Å². The topological polar surface area (TPSA) is 59.1 Å². The molecule has 0 radical (unpaired) electrons. The van der Waals surface area contributed by atoms with E-state index in [4.69, 9.17) is 9.47 Å². The number of carbonyl (C=O) groups is 2. The van der Waals surface area contributed by atoms with Gasteiger partial charge in [-0.3, -0.25) is 14.5 Å². The zero-order valence-electron chi connectivity index (χ0n) is 16.9. The SMILES string of the molecule is C[C@@H]1Oc2ccccc2N(CC(=O)N(Cc2ccc(F)cc2)C[C@@H]2CCCO2)C1=O. The first-order chi connectivity index (χ1) is 14.5. The minimum Gasteiger partial charge on any atom is -0.479 e. The molecule has 4 rings (SSSR count). The molecular weight excluding hydrogens is 387 g/mol. The van der Waals surface area contributed by atoms with E-state index in [0.29, 0.717) is 31.1 Å². The van der Waals surface area contributed by atoms with Crippen molar-refractivity contribution in [2.45, 2.75) is 38.5 Å². The summed E-state index contributed by atoms with van der Waals surface area (Å²) in [5.41, 5.74) is 1.41. The van der Waals surface area contributed by atoms with E-state index >= 15 is 0 Å². The number of nitrogens with zero attached hydrogens (tertiary/aromatic N) is 2. The van der Waals surface area contributed by atoms with Gasteiger partial charge in [-0.05, 0) is 49.6 Å². The largest absolute Gasteiger partial charge is 0.479 e. The first kappa shape index (κ1) is 20.3. The van der Waals surface area contributed by atoms with Gasteiger partial charge < -0.3 is 14.4 Å². The summed E-state index contributed by atoms with van der Waals surface area (Å²) in [6, 6.07) is 13.3. The van der Waals surface area contributed by atoms with Gasteiger partial charge in [0.15, 0.2) is 6.10 Å². The van der Waals surface area contributed by atoms with Crippen molar-refractivity contribution in [3.8, 4) is 5.75 Å². The Morgan fingerprint density at radius 2 is 1.97 bits per heavy atom. The van der Waals surface area contributed by atoms with E-state index in [1.54, 1.807) is 36.1 Å². The lowest BCUT2D eigenvalue weighted by Gasteiger charge is -2.34. The fourth-order valence-electron chi connectivity index (χ4n) is 3.86. The molecule has 1 fully saturated rings. The minimum atomic E-state index is -0.656. The Kier molecular flexibility index (Phi) is 5.99. The van der Waals surface area contributed by atoms with Crippen molar-refractivity contribution in [2.24, 2.45) is 0 Å². The fraction of sp³-hybridized carbons (Fsp3) is 0.391. The summed E-state index contributed by atoms with van der Waals surface area (Å²) in [4.78, 5) is 29.2. The third-order valence-corrected chi connectivity index (χ3v) is 5.45. The van der Waals surface area contributed by atoms with E-state index < -0.39 is 6.10 Å². The third kappa shape index (κ3) is 4.46. The second-order valence-electron chi connectivity index (χ2n) is 7.69. The maximum absolute atomic E-state index is 13.3. The van der Waals surface area contributed by atoms with Crippen LogP contribution in [-0.4, -0.2) is 48.6 Å². The van der Waals surface area contributed by atoms with Crippen molar-refractivity contribution in [1.29, 1.82) is 0 Å². The molecule has 2 aliphatic heterocycles. The average Bonchev–Trinajstić information content (AvgIpc) is 3.25. The van der Waals surface area contributed by atoms with Crippen LogP contribution in [0.4, 0.5) is 10.1 Å². The summed E-state index contributed by atoms with van der Waals surface area (Å²) in [6.45, 7) is 3.05. The zero-order chi connectivity index (χ0) is 21.1.